The number of carbonyl (C=O) groups excluding carboxylic acids is 2. The molecule has 0 aliphatic carbocycles. The molecule has 1 rings (SSSR count). The molecule has 0 saturated carbocycles. The van der Waals surface area contributed by atoms with E-state index in [0.717, 1.165) is 5.56 Å². The molecule has 1 amide bonds. The van der Waals surface area contributed by atoms with Crippen LogP contribution >= 0.6 is 0 Å². The molecule has 1 N–H and O–H groups in total. The van der Waals surface area contributed by atoms with E-state index in [0.29, 0.717) is 12.1 Å². The maximum absolute atomic E-state index is 11.6. The first-order valence-electron chi connectivity index (χ1n) is 6.37. The summed E-state index contributed by atoms with van der Waals surface area (Å²) in [6.45, 7) is 1.48. The third-order valence-electron chi connectivity index (χ3n) is 2.40. The van der Waals surface area contributed by atoms with Gasteiger partial charge in [-0.15, -0.1) is 0 Å². The van der Waals surface area contributed by atoms with E-state index in [-0.39, 0.29) is 6.61 Å². The van der Waals surface area contributed by atoms with Crippen molar-refractivity contribution in [2.24, 2.45) is 0 Å². The molecule has 0 unspecified atom stereocenters. The Morgan fingerprint density at radius 3 is 2.62 bits per heavy atom. The number of nitriles is 1. The van der Waals surface area contributed by atoms with Crippen LogP contribution in [0.25, 0.3) is 0 Å². The van der Waals surface area contributed by atoms with E-state index in [4.69, 9.17) is 10.00 Å². The van der Waals surface area contributed by atoms with Gasteiger partial charge in [0.25, 0.3) is 5.91 Å². The Balaban J connectivity index is 2.40. The van der Waals surface area contributed by atoms with Gasteiger partial charge in [-0.3, -0.25) is 4.79 Å². The van der Waals surface area contributed by atoms with Crippen LogP contribution in [0.1, 0.15) is 12.5 Å². The predicted octanol–water partition coefficient (Wildman–Crippen LogP) is 2.37. The minimum atomic E-state index is -0.576. The molecule has 1 aromatic carbocycles. The van der Waals surface area contributed by atoms with E-state index < -0.39 is 11.9 Å². The first kappa shape index (κ1) is 16.2. The molecule has 0 fully saturated rings. The van der Waals surface area contributed by atoms with Crippen molar-refractivity contribution in [3.05, 3.63) is 54.1 Å². The number of nitrogens with one attached hydrogen (secondary N) is 1. The van der Waals surface area contributed by atoms with Gasteiger partial charge in [-0.2, -0.15) is 5.26 Å². The third kappa shape index (κ3) is 6.73. The monoisotopic (exact) mass is 284 g/mol. The van der Waals surface area contributed by atoms with Crippen LogP contribution in [0.15, 0.2) is 48.6 Å². The third-order valence-corrected chi connectivity index (χ3v) is 2.40. The number of anilines is 1. The lowest BCUT2D eigenvalue weighted by atomic mass is 10.1. The lowest BCUT2D eigenvalue weighted by Gasteiger charge is -2.05. The normalized spacial score (nSPS) is 10.5. The van der Waals surface area contributed by atoms with E-state index in [2.05, 4.69) is 5.32 Å². The van der Waals surface area contributed by atoms with E-state index in [1.807, 2.05) is 13.0 Å². The van der Waals surface area contributed by atoms with Crippen molar-refractivity contribution in [1.29, 1.82) is 5.26 Å². The zero-order valence-corrected chi connectivity index (χ0v) is 11.7. The Kier molecular flexibility index (Phi) is 7.01. The van der Waals surface area contributed by atoms with Crippen molar-refractivity contribution >= 4 is 17.6 Å². The van der Waals surface area contributed by atoms with Gasteiger partial charge in [0.05, 0.1) is 12.5 Å². The number of hydrogen-bond acceptors (Lipinski definition) is 4. The molecule has 0 aliphatic rings. The number of nitrogens with zero attached hydrogens (tertiary/aromatic N) is 1. The molecule has 0 aromatic heterocycles. The van der Waals surface area contributed by atoms with E-state index in [9.17, 15) is 9.59 Å². The maximum atomic E-state index is 11.6. The Bertz CT molecular complexity index is 581. The first-order valence-corrected chi connectivity index (χ1v) is 6.37. The number of benzene rings is 1. The molecule has 0 bridgehead atoms. The molecule has 0 radical (unpaired) electrons. The fraction of sp³-hybridized carbons (Fsp3) is 0.188. The lowest BCUT2D eigenvalue weighted by molar-refractivity contribution is -0.142. The quantitative estimate of drug-likeness (QED) is 0.494. The van der Waals surface area contributed by atoms with Crippen LogP contribution < -0.4 is 5.32 Å². The average Bonchev–Trinajstić information content (AvgIpc) is 2.48. The molecule has 0 spiro atoms. The number of carbonyl (C=O) groups is 2. The number of esters is 1. The zero-order valence-electron chi connectivity index (χ0n) is 11.7. The Morgan fingerprint density at radius 2 is 2.00 bits per heavy atom. The van der Waals surface area contributed by atoms with Gasteiger partial charge in [0.1, 0.15) is 0 Å². The van der Waals surface area contributed by atoms with Crippen LogP contribution in [0.2, 0.25) is 0 Å². The van der Waals surface area contributed by atoms with Gasteiger partial charge in [0.2, 0.25) is 0 Å². The Morgan fingerprint density at radius 1 is 1.29 bits per heavy atom. The summed E-state index contributed by atoms with van der Waals surface area (Å²) < 4.78 is 4.77. The molecule has 0 saturated heterocycles. The summed E-state index contributed by atoms with van der Waals surface area (Å²) >= 11 is 0. The first-order chi connectivity index (χ1) is 10.2. The van der Waals surface area contributed by atoms with Gasteiger partial charge >= 0.3 is 5.97 Å². The molecule has 0 aliphatic heterocycles. The highest BCUT2D eigenvalue weighted by molar-refractivity contribution is 5.93. The molecular weight excluding hydrogens is 268 g/mol. The van der Waals surface area contributed by atoms with Crippen LogP contribution in [0.5, 0.6) is 0 Å². The molecule has 5 heteroatoms. The second-order valence-corrected chi connectivity index (χ2v) is 4.07. The van der Waals surface area contributed by atoms with Crippen LogP contribution in [0.4, 0.5) is 5.69 Å². The number of rotatable bonds is 6. The maximum Gasteiger partial charge on any atom is 0.331 e. The molecule has 108 valence electrons. The fourth-order valence-corrected chi connectivity index (χ4v) is 1.42. The summed E-state index contributed by atoms with van der Waals surface area (Å²) in [6.07, 6.45) is 6.55. The van der Waals surface area contributed by atoms with Crippen molar-refractivity contribution in [3.63, 3.8) is 0 Å². The molecule has 1 aromatic rings. The fourth-order valence-electron chi connectivity index (χ4n) is 1.42. The van der Waals surface area contributed by atoms with E-state index in [1.165, 1.54) is 12.2 Å². The lowest BCUT2D eigenvalue weighted by Crippen LogP contribution is -2.20. The summed E-state index contributed by atoms with van der Waals surface area (Å²) in [5, 5.41) is 11.2. The largest absolute Gasteiger partial charge is 0.452 e. The highest BCUT2D eigenvalue weighted by Crippen LogP contribution is 2.09. The minimum Gasteiger partial charge on any atom is -0.452 e. The second kappa shape index (κ2) is 9.10. The molecule has 0 atom stereocenters. The topological polar surface area (TPSA) is 79.2 Å². The van der Waals surface area contributed by atoms with Gasteiger partial charge in [-0.1, -0.05) is 30.4 Å². The summed E-state index contributed by atoms with van der Waals surface area (Å²) in [4.78, 5) is 22.8. The van der Waals surface area contributed by atoms with Gasteiger partial charge < -0.3 is 10.1 Å². The average molecular weight is 284 g/mol. The van der Waals surface area contributed by atoms with Crippen molar-refractivity contribution < 1.29 is 14.3 Å². The number of ether oxygens (including phenoxy) is 1. The van der Waals surface area contributed by atoms with Crippen molar-refractivity contribution in [2.75, 3.05) is 11.9 Å². The number of hydrogen-bond donors (Lipinski definition) is 1. The van der Waals surface area contributed by atoms with Gasteiger partial charge in [0, 0.05) is 11.8 Å². The smallest absolute Gasteiger partial charge is 0.331 e. The summed E-state index contributed by atoms with van der Waals surface area (Å²) in [6, 6.07) is 8.94. The Labute approximate surface area is 123 Å². The molecule has 21 heavy (non-hydrogen) atoms. The summed E-state index contributed by atoms with van der Waals surface area (Å²) in [5.74, 6) is -0.997. The Hall–Kier alpha value is -2.87. The van der Waals surface area contributed by atoms with Crippen molar-refractivity contribution in [1.82, 2.24) is 0 Å². The highest BCUT2D eigenvalue weighted by atomic mass is 16.5. The standard InChI is InChI=1S/C16H16N2O3/c1-2-3-4-5-16(20)21-12-15(19)18-14-8-6-13(7-9-14)10-11-17/h2-9H,10,12H2,1H3,(H,18,19)/b3-2+,5-4+. The van der Waals surface area contributed by atoms with Crippen molar-refractivity contribution in [3.8, 4) is 6.07 Å². The van der Waals surface area contributed by atoms with Crippen LogP contribution in [0, 0.1) is 11.3 Å². The van der Waals surface area contributed by atoms with Gasteiger partial charge in [-0.05, 0) is 24.6 Å². The SMILES string of the molecule is C/C=C/C=C/C(=O)OCC(=O)Nc1ccc(CC#N)cc1. The summed E-state index contributed by atoms with van der Waals surface area (Å²) in [7, 11) is 0. The molecule has 5 nitrogen and oxygen atoms in total. The van der Waals surface area contributed by atoms with Gasteiger partial charge in [0.15, 0.2) is 6.61 Å². The minimum absolute atomic E-state index is 0.324. The van der Waals surface area contributed by atoms with Crippen LogP contribution in [-0.4, -0.2) is 18.5 Å². The van der Waals surface area contributed by atoms with Crippen molar-refractivity contribution in [2.45, 2.75) is 13.3 Å². The van der Waals surface area contributed by atoms with Gasteiger partial charge in [-0.25, -0.2) is 4.79 Å². The molecule has 0 heterocycles. The van der Waals surface area contributed by atoms with Crippen LogP contribution in [-0.2, 0) is 20.7 Å². The van der Waals surface area contributed by atoms with E-state index in [1.54, 1.807) is 36.4 Å². The van der Waals surface area contributed by atoms with Crippen LogP contribution in [0.3, 0.4) is 0 Å². The summed E-state index contributed by atoms with van der Waals surface area (Å²) in [5.41, 5.74) is 1.46. The highest BCUT2D eigenvalue weighted by Gasteiger charge is 2.05. The van der Waals surface area contributed by atoms with E-state index >= 15 is 0 Å². The molecular formula is C16H16N2O3. The zero-order chi connectivity index (χ0) is 15.5. The predicted molar refractivity (Wildman–Crippen MR) is 79.3 cm³/mol. The number of allylic oxidation sites excluding steroid dienone is 3. The second-order valence-electron chi connectivity index (χ2n) is 4.07. The number of amides is 1.